The number of hydrazone groups is 1. The van der Waals surface area contributed by atoms with Crippen LogP contribution in [0.2, 0.25) is 0 Å². The van der Waals surface area contributed by atoms with Crippen LogP contribution < -0.4 is 4.74 Å². The Kier molecular flexibility index (Phi) is 3.35. The van der Waals surface area contributed by atoms with Gasteiger partial charge in [0, 0.05) is 0 Å². The lowest BCUT2D eigenvalue weighted by Crippen LogP contribution is -2.40. The number of phenolic OH excluding ortho intramolecular Hbond substituents is 1. The van der Waals surface area contributed by atoms with Crippen LogP contribution >= 0.6 is 15.9 Å². The highest BCUT2D eigenvalue weighted by atomic mass is 79.9. The number of rotatable bonds is 3. The average Bonchev–Trinajstić information content (AvgIpc) is 3.41. The molecule has 2 amide bonds. The molecule has 0 unspecified atom stereocenters. The van der Waals surface area contributed by atoms with Gasteiger partial charge in [-0.2, -0.15) is 10.1 Å². The zero-order valence-corrected chi connectivity index (χ0v) is 15.6. The first-order valence-electron chi connectivity index (χ1n) is 8.68. The third-order valence-corrected chi connectivity index (χ3v) is 6.84. The topological polar surface area (TPSA) is 79.2 Å². The summed E-state index contributed by atoms with van der Waals surface area (Å²) in [5.74, 6) is 0.926. The Morgan fingerprint density at radius 3 is 2.38 bits per heavy atom. The number of hydrogen-bond acceptors (Lipinski definition) is 5. The van der Waals surface area contributed by atoms with Crippen LogP contribution in [0.1, 0.15) is 12.0 Å². The monoisotopic (exact) mass is 416 g/mol. The molecule has 0 radical (unpaired) electrons. The number of benzene rings is 1. The highest BCUT2D eigenvalue weighted by Crippen LogP contribution is 2.65. The molecule has 26 heavy (non-hydrogen) atoms. The Morgan fingerprint density at radius 1 is 1.19 bits per heavy atom. The number of ether oxygens (including phenoxy) is 1. The second-order valence-electron chi connectivity index (χ2n) is 7.44. The Bertz CT molecular complexity index is 860. The largest absolute Gasteiger partial charge is 0.503 e. The van der Waals surface area contributed by atoms with Crippen LogP contribution in [0.15, 0.2) is 33.9 Å². The summed E-state index contributed by atoms with van der Waals surface area (Å²) in [7, 11) is 1.45. The predicted octanol–water partition coefficient (Wildman–Crippen LogP) is 2.55. The summed E-state index contributed by atoms with van der Waals surface area (Å²) in [5, 5.41) is 15.1. The van der Waals surface area contributed by atoms with Gasteiger partial charge >= 0.3 is 0 Å². The highest BCUT2D eigenvalue weighted by molar-refractivity contribution is 9.10. The number of halogens is 1. The van der Waals surface area contributed by atoms with Crippen LogP contribution in [0, 0.1) is 35.5 Å². The molecule has 134 valence electrons. The number of carbonyl (C=O) groups is 2. The predicted molar refractivity (Wildman–Crippen MR) is 96.5 cm³/mol. The summed E-state index contributed by atoms with van der Waals surface area (Å²) in [6, 6.07) is 3.25. The van der Waals surface area contributed by atoms with Crippen molar-refractivity contribution in [1.29, 1.82) is 0 Å². The lowest BCUT2D eigenvalue weighted by Gasteiger charge is -2.37. The van der Waals surface area contributed by atoms with E-state index in [2.05, 4.69) is 33.2 Å². The van der Waals surface area contributed by atoms with Crippen LogP contribution in [0.4, 0.5) is 0 Å². The van der Waals surface area contributed by atoms with Gasteiger partial charge in [-0.15, -0.1) is 0 Å². The summed E-state index contributed by atoms with van der Waals surface area (Å²) in [5.41, 5.74) is 0.617. The van der Waals surface area contributed by atoms with E-state index in [9.17, 15) is 14.7 Å². The van der Waals surface area contributed by atoms with Crippen molar-refractivity contribution in [1.82, 2.24) is 5.01 Å². The molecule has 0 aromatic heterocycles. The molecule has 6 rings (SSSR count). The molecule has 4 aliphatic carbocycles. The smallest absolute Gasteiger partial charge is 0.254 e. The SMILES string of the molecule is COc1cc(/C=N\N2C(=O)[C@@H]3[C@H]4C=C[C@@H]([C@@H]5C[C@H]45)[C@H]3C2=O)cc(Br)c1O. The van der Waals surface area contributed by atoms with Gasteiger partial charge in [-0.25, -0.2) is 0 Å². The third-order valence-electron chi connectivity index (χ3n) is 6.23. The fraction of sp³-hybridized carbons (Fsp3) is 0.421. The zero-order chi connectivity index (χ0) is 18.2. The van der Waals surface area contributed by atoms with Crippen LogP contribution in [-0.2, 0) is 9.59 Å². The van der Waals surface area contributed by atoms with Crippen LogP contribution in [0.3, 0.4) is 0 Å². The summed E-state index contributed by atoms with van der Waals surface area (Å²) in [6.07, 6.45) is 6.87. The summed E-state index contributed by atoms with van der Waals surface area (Å²) in [4.78, 5) is 25.7. The maximum atomic E-state index is 12.9. The van der Waals surface area contributed by atoms with E-state index >= 15 is 0 Å². The first kappa shape index (κ1) is 16.1. The summed E-state index contributed by atoms with van der Waals surface area (Å²) < 4.78 is 5.57. The number of hydrogen-bond donors (Lipinski definition) is 1. The molecule has 2 saturated carbocycles. The van der Waals surface area contributed by atoms with Gasteiger partial charge in [0.2, 0.25) is 0 Å². The van der Waals surface area contributed by atoms with E-state index in [0.29, 0.717) is 21.9 Å². The molecule has 1 aromatic rings. The van der Waals surface area contributed by atoms with E-state index in [1.807, 2.05) is 0 Å². The maximum Gasteiger partial charge on any atom is 0.254 e. The molecule has 1 heterocycles. The number of phenols is 1. The Labute approximate surface area is 158 Å². The molecular formula is C19H17BrN2O4. The van der Waals surface area contributed by atoms with Crippen molar-refractivity contribution in [3.8, 4) is 11.5 Å². The molecule has 7 heteroatoms. The molecule has 1 saturated heterocycles. The van der Waals surface area contributed by atoms with Crippen molar-refractivity contribution in [2.45, 2.75) is 6.42 Å². The van der Waals surface area contributed by atoms with Gasteiger partial charge in [-0.1, -0.05) is 12.2 Å². The quantitative estimate of drug-likeness (QED) is 0.466. The molecule has 0 spiro atoms. The van der Waals surface area contributed by atoms with E-state index < -0.39 is 0 Å². The number of aromatic hydroxyl groups is 1. The first-order chi connectivity index (χ1) is 12.5. The number of allylic oxidation sites excluding steroid dienone is 2. The fourth-order valence-electron chi connectivity index (χ4n) is 5.00. The summed E-state index contributed by atoms with van der Waals surface area (Å²) in [6.45, 7) is 0. The number of methoxy groups -OCH3 is 1. The second-order valence-corrected chi connectivity index (χ2v) is 8.30. The number of nitrogens with zero attached hydrogens (tertiary/aromatic N) is 2. The van der Waals surface area contributed by atoms with Crippen molar-refractivity contribution in [3.05, 3.63) is 34.3 Å². The van der Waals surface area contributed by atoms with Gasteiger partial charge in [0.1, 0.15) is 0 Å². The third kappa shape index (κ3) is 2.06. The maximum absolute atomic E-state index is 12.9. The van der Waals surface area contributed by atoms with Crippen molar-refractivity contribution >= 4 is 34.0 Å². The molecule has 6 atom stereocenters. The normalized spacial score (nSPS) is 36.6. The van der Waals surface area contributed by atoms with E-state index in [4.69, 9.17) is 4.74 Å². The van der Waals surface area contributed by atoms with Gasteiger partial charge < -0.3 is 9.84 Å². The molecule has 1 N–H and O–H groups in total. The molecular weight excluding hydrogens is 400 g/mol. The lowest BCUT2D eigenvalue weighted by atomic mass is 9.63. The Hall–Kier alpha value is -2.15. The minimum Gasteiger partial charge on any atom is -0.503 e. The van der Waals surface area contributed by atoms with Crippen molar-refractivity contribution in [2.24, 2.45) is 40.6 Å². The van der Waals surface area contributed by atoms with Gasteiger partial charge in [-0.05, 0) is 63.7 Å². The average molecular weight is 417 g/mol. The Balaban J connectivity index is 1.44. The lowest BCUT2D eigenvalue weighted by molar-refractivity contribution is -0.140. The van der Waals surface area contributed by atoms with Gasteiger partial charge in [0.15, 0.2) is 11.5 Å². The Morgan fingerprint density at radius 2 is 1.81 bits per heavy atom. The van der Waals surface area contributed by atoms with Crippen molar-refractivity contribution < 1.29 is 19.4 Å². The fourth-order valence-corrected chi connectivity index (χ4v) is 5.46. The minimum atomic E-state index is -0.250. The number of imide groups is 1. The number of amides is 2. The van der Waals surface area contributed by atoms with Crippen molar-refractivity contribution in [3.63, 3.8) is 0 Å². The van der Waals surface area contributed by atoms with Gasteiger partial charge in [-0.3, -0.25) is 9.59 Å². The van der Waals surface area contributed by atoms with E-state index in [0.717, 1.165) is 11.4 Å². The van der Waals surface area contributed by atoms with E-state index in [-0.39, 0.29) is 47.0 Å². The number of carbonyl (C=O) groups excluding carboxylic acids is 2. The molecule has 1 aliphatic heterocycles. The molecule has 3 fully saturated rings. The van der Waals surface area contributed by atoms with Crippen LogP contribution in [0.5, 0.6) is 11.5 Å². The minimum absolute atomic E-state index is 0.00845. The second kappa shape index (κ2) is 5.42. The van der Waals surface area contributed by atoms with E-state index in [1.54, 1.807) is 12.1 Å². The summed E-state index contributed by atoms with van der Waals surface area (Å²) >= 11 is 3.25. The molecule has 2 bridgehead atoms. The van der Waals surface area contributed by atoms with E-state index in [1.165, 1.54) is 13.3 Å². The molecule has 1 aromatic carbocycles. The molecule has 6 nitrogen and oxygen atoms in total. The van der Waals surface area contributed by atoms with Gasteiger partial charge in [0.25, 0.3) is 11.8 Å². The van der Waals surface area contributed by atoms with Gasteiger partial charge in [0.05, 0.1) is 29.6 Å². The van der Waals surface area contributed by atoms with Crippen molar-refractivity contribution in [2.75, 3.05) is 7.11 Å². The standard InChI is InChI=1S/C19H17BrN2O4/c1-26-14-5-8(4-13(20)17(14)23)7-21-22-18(24)15-9-2-3-10(12-6-11(9)12)16(15)19(22)25/h2-5,7,9-12,15-16,23H,6H2,1H3/b21-7-/t9-,10-,11-,12+,15+,16+/m0/s1. The first-order valence-corrected chi connectivity index (χ1v) is 9.47. The van der Waals surface area contributed by atoms with Crippen LogP contribution in [0.25, 0.3) is 0 Å². The highest BCUT2D eigenvalue weighted by Gasteiger charge is 2.67. The zero-order valence-electron chi connectivity index (χ0n) is 14.0. The van der Waals surface area contributed by atoms with Crippen LogP contribution in [-0.4, -0.2) is 35.3 Å². The molecule has 5 aliphatic rings.